The molecule has 4 N–H and O–H groups in total. The van der Waals surface area contributed by atoms with E-state index in [-0.39, 0.29) is 5.41 Å². The molecule has 0 amide bonds. The highest BCUT2D eigenvalue weighted by molar-refractivity contribution is 5.50. The normalized spacial score (nSPS) is 19.3. The van der Waals surface area contributed by atoms with Gasteiger partial charge in [0.25, 0.3) is 0 Å². The standard InChI is InChI=1S/C36H42N2O2/c1-23-9-19-33(32(21-23)31-8-6-7-24(2)35(31)40-30-17-13-28(38)14-18-30)36(4,5)26-10-20-34(25(3)22-26)39-29-15-11-27(37)12-16-29/h6-8,10-18,20,22-23,32-33H,9,19,21,37-38H2,1-5H3. The summed E-state index contributed by atoms with van der Waals surface area (Å²) in [7, 11) is 0. The molecule has 1 aliphatic rings. The Bertz CT molecular complexity index is 1460. The Kier molecular flexibility index (Phi) is 7.80. The second-order valence-electron chi connectivity index (χ2n) is 12.2. The summed E-state index contributed by atoms with van der Waals surface area (Å²) in [6.07, 6.45) is 3.56. The second-order valence-corrected chi connectivity index (χ2v) is 12.2. The van der Waals surface area contributed by atoms with E-state index in [9.17, 15) is 0 Å². The number of nitrogen functional groups attached to an aromatic ring is 2. The van der Waals surface area contributed by atoms with Gasteiger partial charge in [0.1, 0.15) is 23.0 Å². The van der Waals surface area contributed by atoms with Gasteiger partial charge in [0, 0.05) is 11.4 Å². The van der Waals surface area contributed by atoms with Gasteiger partial charge >= 0.3 is 0 Å². The van der Waals surface area contributed by atoms with Gasteiger partial charge in [-0.05, 0) is 127 Å². The van der Waals surface area contributed by atoms with Gasteiger partial charge in [0.05, 0.1) is 0 Å². The first-order valence-electron chi connectivity index (χ1n) is 14.4. The maximum absolute atomic E-state index is 6.57. The number of benzene rings is 4. The molecule has 3 atom stereocenters. The van der Waals surface area contributed by atoms with Gasteiger partial charge in [0.2, 0.25) is 0 Å². The van der Waals surface area contributed by atoms with Crippen LogP contribution in [0.3, 0.4) is 0 Å². The molecule has 4 aromatic carbocycles. The molecule has 3 unspecified atom stereocenters. The molecule has 0 aromatic heterocycles. The third-order valence-corrected chi connectivity index (χ3v) is 8.81. The number of rotatable bonds is 7. The highest BCUT2D eigenvalue weighted by Gasteiger charge is 2.42. The largest absolute Gasteiger partial charge is 0.457 e. The molecule has 4 nitrogen and oxygen atoms in total. The lowest BCUT2D eigenvalue weighted by Crippen LogP contribution is -2.37. The van der Waals surface area contributed by atoms with Crippen LogP contribution in [0.5, 0.6) is 23.0 Å². The van der Waals surface area contributed by atoms with Crippen LogP contribution in [0.25, 0.3) is 0 Å². The summed E-state index contributed by atoms with van der Waals surface area (Å²) < 4.78 is 12.8. The quantitative estimate of drug-likeness (QED) is 0.232. The van der Waals surface area contributed by atoms with Gasteiger partial charge in [-0.25, -0.2) is 0 Å². The van der Waals surface area contributed by atoms with Gasteiger partial charge in [0.15, 0.2) is 0 Å². The highest BCUT2D eigenvalue weighted by atomic mass is 16.5. The molecule has 40 heavy (non-hydrogen) atoms. The maximum Gasteiger partial charge on any atom is 0.133 e. The molecule has 1 saturated carbocycles. The first kappa shape index (κ1) is 27.6. The molecule has 1 fully saturated rings. The van der Waals surface area contributed by atoms with Crippen LogP contribution in [0, 0.1) is 25.7 Å². The predicted molar refractivity (Wildman–Crippen MR) is 166 cm³/mol. The number of hydrogen-bond acceptors (Lipinski definition) is 4. The topological polar surface area (TPSA) is 70.5 Å². The lowest BCUT2D eigenvalue weighted by Gasteiger charge is -2.45. The third-order valence-electron chi connectivity index (χ3n) is 8.81. The van der Waals surface area contributed by atoms with E-state index in [4.69, 9.17) is 20.9 Å². The number of hydrogen-bond donors (Lipinski definition) is 2. The van der Waals surface area contributed by atoms with Crippen molar-refractivity contribution >= 4 is 11.4 Å². The minimum Gasteiger partial charge on any atom is -0.457 e. The molecule has 208 valence electrons. The zero-order valence-corrected chi connectivity index (χ0v) is 24.4. The van der Waals surface area contributed by atoms with Crippen LogP contribution < -0.4 is 20.9 Å². The Balaban J connectivity index is 1.47. The van der Waals surface area contributed by atoms with E-state index in [1.54, 1.807) is 0 Å². The molecule has 0 heterocycles. The fraction of sp³-hybridized carbons (Fsp3) is 0.333. The molecule has 1 aliphatic carbocycles. The second kappa shape index (κ2) is 11.3. The van der Waals surface area contributed by atoms with E-state index in [0.29, 0.717) is 17.8 Å². The Morgan fingerprint density at radius 1 is 0.725 bits per heavy atom. The lowest BCUT2D eigenvalue weighted by molar-refractivity contribution is 0.166. The minimum atomic E-state index is -0.0441. The van der Waals surface area contributed by atoms with Crippen LogP contribution in [-0.2, 0) is 5.41 Å². The van der Waals surface area contributed by atoms with E-state index in [1.165, 1.54) is 24.0 Å². The Hall–Kier alpha value is -3.92. The molecule has 0 spiro atoms. The zero-order chi connectivity index (χ0) is 28.4. The van der Waals surface area contributed by atoms with E-state index in [0.717, 1.165) is 51.9 Å². The van der Waals surface area contributed by atoms with E-state index >= 15 is 0 Å². The first-order valence-corrected chi connectivity index (χ1v) is 14.4. The Labute approximate surface area is 239 Å². The van der Waals surface area contributed by atoms with Gasteiger partial charge in [-0.15, -0.1) is 0 Å². The summed E-state index contributed by atoms with van der Waals surface area (Å²) in [6.45, 7) is 11.5. The number of anilines is 2. The highest BCUT2D eigenvalue weighted by Crippen LogP contribution is 2.52. The van der Waals surface area contributed by atoms with Gasteiger partial charge in [-0.1, -0.05) is 57.5 Å². The SMILES string of the molecule is Cc1cc(C(C)(C)C2CCC(C)CC2c2cccc(C)c2Oc2ccc(N)cc2)ccc1Oc1ccc(N)cc1. The first-order chi connectivity index (χ1) is 19.1. The molecule has 0 bridgehead atoms. The maximum atomic E-state index is 6.57. The number of aryl methyl sites for hydroxylation is 2. The van der Waals surface area contributed by atoms with Crippen molar-refractivity contribution in [3.05, 3.63) is 107 Å². The molecule has 4 aromatic rings. The fourth-order valence-electron chi connectivity index (χ4n) is 6.39. The van der Waals surface area contributed by atoms with Crippen molar-refractivity contribution in [3.8, 4) is 23.0 Å². The number of para-hydroxylation sites is 1. The fourth-order valence-corrected chi connectivity index (χ4v) is 6.39. The van der Waals surface area contributed by atoms with Crippen LogP contribution in [0.1, 0.15) is 68.2 Å². The van der Waals surface area contributed by atoms with E-state index in [2.05, 4.69) is 71.0 Å². The molecule has 0 saturated heterocycles. The van der Waals surface area contributed by atoms with Gasteiger partial charge in [-0.2, -0.15) is 0 Å². The summed E-state index contributed by atoms with van der Waals surface area (Å²) in [5, 5.41) is 0. The number of nitrogens with two attached hydrogens (primary N) is 2. The Morgan fingerprint density at radius 2 is 1.35 bits per heavy atom. The van der Waals surface area contributed by atoms with Crippen molar-refractivity contribution in [3.63, 3.8) is 0 Å². The summed E-state index contributed by atoms with van der Waals surface area (Å²) in [5.41, 5.74) is 18.1. The van der Waals surface area contributed by atoms with E-state index in [1.807, 2.05) is 48.5 Å². The van der Waals surface area contributed by atoms with Crippen LogP contribution in [0.15, 0.2) is 84.9 Å². The zero-order valence-electron chi connectivity index (χ0n) is 24.4. The van der Waals surface area contributed by atoms with Crippen molar-refractivity contribution in [2.24, 2.45) is 11.8 Å². The van der Waals surface area contributed by atoms with Crippen molar-refractivity contribution in [2.45, 2.75) is 65.2 Å². The average molecular weight is 535 g/mol. The van der Waals surface area contributed by atoms with Crippen molar-refractivity contribution in [1.82, 2.24) is 0 Å². The molecule has 4 heteroatoms. The summed E-state index contributed by atoms with van der Waals surface area (Å²) in [5.74, 6) is 4.97. The molecule has 0 radical (unpaired) electrons. The molecule has 5 rings (SSSR count). The van der Waals surface area contributed by atoms with Crippen molar-refractivity contribution in [1.29, 1.82) is 0 Å². The predicted octanol–water partition coefficient (Wildman–Crippen LogP) is 9.55. The lowest BCUT2D eigenvalue weighted by atomic mass is 9.59. The Morgan fingerprint density at radius 3 is 1.98 bits per heavy atom. The van der Waals surface area contributed by atoms with Crippen molar-refractivity contribution < 1.29 is 9.47 Å². The van der Waals surface area contributed by atoms with Crippen LogP contribution >= 0.6 is 0 Å². The molecular formula is C36H42N2O2. The van der Waals surface area contributed by atoms with Crippen LogP contribution in [0.4, 0.5) is 11.4 Å². The van der Waals surface area contributed by atoms with Crippen LogP contribution in [-0.4, -0.2) is 0 Å². The molecule has 0 aliphatic heterocycles. The summed E-state index contributed by atoms with van der Waals surface area (Å²) in [4.78, 5) is 0. The average Bonchev–Trinajstić information content (AvgIpc) is 2.93. The summed E-state index contributed by atoms with van der Waals surface area (Å²) >= 11 is 0. The van der Waals surface area contributed by atoms with Crippen LogP contribution in [0.2, 0.25) is 0 Å². The van der Waals surface area contributed by atoms with Gasteiger partial charge < -0.3 is 20.9 Å². The number of ether oxygens (including phenoxy) is 2. The molecular weight excluding hydrogens is 492 g/mol. The monoisotopic (exact) mass is 534 g/mol. The van der Waals surface area contributed by atoms with Gasteiger partial charge in [-0.3, -0.25) is 0 Å². The van der Waals surface area contributed by atoms with E-state index < -0.39 is 0 Å². The van der Waals surface area contributed by atoms with Crippen molar-refractivity contribution in [2.75, 3.05) is 11.5 Å². The summed E-state index contributed by atoms with van der Waals surface area (Å²) in [6, 6.07) is 28.5. The minimum absolute atomic E-state index is 0.0441. The smallest absolute Gasteiger partial charge is 0.133 e. The third kappa shape index (κ3) is 5.82.